The topological polar surface area (TPSA) is 55.1 Å². The molecule has 0 atom stereocenters. The van der Waals surface area contributed by atoms with Gasteiger partial charge in [0.25, 0.3) is 0 Å². The van der Waals surface area contributed by atoms with E-state index in [2.05, 4.69) is 17.1 Å². The fourth-order valence-electron chi connectivity index (χ4n) is 2.20. The van der Waals surface area contributed by atoms with E-state index in [0.717, 1.165) is 17.8 Å². The van der Waals surface area contributed by atoms with Crippen molar-refractivity contribution in [2.45, 2.75) is 6.42 Å². The van der Waals surface area contributed by atoms with E-state index >= 15 is 0 Å². The number of carbonyl (C=O) groups is 1. The van der Waals surface area contributed by atoms with Crippen LogP contribution in [0.4, 0.5) is 0 Å². The van der Waals surface area contributed by atoms with Gasteiger partial charge in [-0.1, -0.05) is 36.4 Å². The molecule has 0 aliphatic carbocycles. The minimum absolute atomic E-state index is 0.269. The van der Waals surface area contributed by atoms with Crippen molar-refractivity contribution < 1.29 is 9.90 Å². The lowest BCUT2D eigenvalue weighted by atomic mass is 10.1. The van der Waals surface area contributed by atoms with Crippen molar-refractivity contribution in [3.63, 3.8) is 0 Å². The summed E-state index contributed by atoms with van der Waals surface area (Å²) >= 11 is 0. The molecule has 4 nitrogen and oxygen atoms in total. The van der Waals surface area contributed by atoms with Crippen molar-refractivity contribution in [3.05, 3.63) is 83.9 Å². The molecule has 0 radical (unpaired) electrons. The summed E-state index contributed by atoms with van der Waals surface area (Å²) in [5.74, 6) is -0.929. The molecule has 0 fully saturated rings. The fourth-order valence-corrected chi connectivity index (χ4v) is 2.20. The molecular weight excluding hydrogens is 264 g/mol. The van der Waals surface area contributed by atoms with Crippen LogP contribution in [0.15, 0.2) is 67.1 Å². The number of rotatable bonds is 4. The zero-order valence-electron chi connectivity index (χ0n) is 11.3. The second kappa shape index (κ2) is 5.63. The van der Waals surface area contributed by atoms with Gasteiger partial charge in [-0.3, -0.25) is 0 Å². The predicted octanol–water partition coefficient (Wildman–Crippen LogP) is 3.16. The lowest BCUT2D eigenvalue weighted by Gasteiger charge is -2.03. The van der Waals surface area contributed by atoms with E-state index in [4.69, 9.17) is 5.11 Å². The Hall–Kier alpha value is -2.88. The minimum atomic E-state index is -0.929. The van der Waals surface area contributed by atoms with Crippen LogP contribution < -0.4 is 0 Å². The molecule has 0 spiro atoms. The van der Waals surface area contributed by atoms with Crippen molar-refractivity contribution in [2.75, 3.05) is 0 Å². The first-order valence-electron chi connectivity index (χ1n) is 6.63. The van der Waals surface area contributed by atoms with E-state index in [-0.39, 0.29) is 5.56 Å². The first-order valence-corrected chi connectivity index (χ1v) is 6.63. The van der Waals surface area contributed by atoms with Gasteiger partial charge in [0.05, 0.1) is 17.6 Å². The van der Waals surface area contributed by atoms with Crippen molar-refractivity contribution >= 4 is 5.97 Å². The molecule has 0 saturated heterocycles. The Morgan fingerprint density at radius 3 is 2.67 bits per heavy atom. The van der Waals surface area contributed by atoms with Gasteiger partial charge in [0, 0.05) is 18.3 Å². The molecule has 1 heterocycles. The van der Waals surface area contributed by atoms with E-state index < -0.39 is 5.97 Å². The van der Waals surface area contributed by atoms with Crippen LogP contribution in [-0.2, 0) is 6.42 Å². The fraction of sp³-hybridized carbons (Fsp3) is 0.0588. The number of carboxylic acids is 1. The summed E-state index contributed by atoms with van der Waals surface area (Å²) in [5, 5.41) is 9.03. The SMILES string of the molecule is O=C(O)c1cccc(-n2cnc(Cc3ccccc3)c2)c1. The number of hydrogen-bond donors (Lipinski definition) is 1. The Balaban J connectivity index is 1.85. The maximum Gasteiger partial charge on any atom is 0.335 e. The van der Waals surface area contributed by atoms with Crippen LogP contribution in [0.25, 0.3) is 5.69 Å². The third-order valence-electron chi connectivity index (χ3n) is 3.26. The van der Waals surface area contributed by atoms with Crippen molar-refractivity contribution in [2.24, 2.45) is 0 Å². The van der Waals surface area contributed by atoms with Crippen LogP contribution in [0.3, 0.4) is 0 Å². The summed E-state index contributed by atoms with van der Waals surface area (Å²) < 4.78 is 1.84. The first-order chi connectivity index (χ1) is 10.2. The van der Waals surface area contributed by atoms with Gasteiger partial charge in [0.15, 0.2) is 0 Å². The summed E-state index contributed by atoms with van der Waals surface area (Å²) in [6.07, 6.45) is 4.39. The number of nitrogens with zero attached hydrogens (tertiary/aromatic N) is 2. The van der Waals surface area contributed by atoms with Gasteiger partial charge in [-0.25, -0.2) is 9.78 Å². The average Bonchev–Trinajstić information content (AvgIpc) is 2.97. The molecule has 3 aromatic rings. The highest BCUT2D eigenvalue weighted by molar-refractivity contribution is 5.88. The Bertz CT molecular complexity index is 763. The molecule has 1 aromatic heterocycles. The molecule has 0 unspecified atom stereocenters. The Morgan fingerprint density at radius 2 is 1.90 bits per heavy atom. The Labute approximate surface area is 122 Å². The molecule has 104 valence electrons. The Kier molecular flexibility index (Phi) is 3.51. The van der Waals surface area contributed by atoms with Gasteiger partial charge in [0.2, 0.25) is 0 Å². The smallest absolute Gasteiger partial charge is 0.335 e. The standard InChI is InChI=1S/C17H14N2O2/c20-17(21)14-7-4-8-16(10-14)19-11-15(18-12-19)9-13-5-2-1-3-6-13/h1-8,10-12H,9H2,(H,20,21). The van der Waals surface area contributed by atoms with E-state index in [1.54, 1.807) is 24.5 Å². The summed E-state index contributed by atoms with van der Waals surface area (Å²) in [5.41, 5.74) is 3.21. The van der Waals surface area contributed by atoms with Crippen LogP contribution in [0.1, 0.15) is 21.6 Å². The first kappa shape index (κ1) is 13.1. The van der Waals surface area contributed by atoms with E-state index in [1.807, 2.05) is 35.0 Å². The molecular formula is C17H14N2O2. The van der Waals surface area contributed by atoms with Crippen molar-refractivity contribution in [1.29, 1.82) is 0 Å². The molecule has 0 aliphatic heterocycles. The number of aromatic carboxylic acids is 1. The average molecular weight is 278 g/mol. The van der Waals surface area contributed by atoms with E-state index in [9.17, 15) is 4.79 Å². The minimum Gasteiger partial charge on any atom is -0.478 e. The van der Waals surface area contributed by atoms with Gasteiger partial charge < -0.3 is 9.67 Å². The highest BCUT2D eigenvalue weighted by atomic mass is 16.4. The van der Waals surface area contributed by atoms with Gasteiger partial charge in [-0.05, 0) is 23.8 Å². The van der Waals surface area contributed by atoms with Gasteiger partial charge >= 0.3 is 5.97 Å². The molecule has 2 aromatic carbocycles. The molecule has 4 heteroatoms. The third kappa shape index (κ3) is 3.00. The number of aromatic nitrogens is 2. The molecule has 0 amide bonds. The van der Waals surface area contributed by atoms with Crippen LogP contribution in [0.5, 0.6) is 0 Å². The highest BCUT2D eigenvalue weighted by Gasteiger charge is 2.06. The summed E-state index contributed by atoms with van der Waals surface area (Å²) in [6, 6.07) is 16.9. The monoisotopic (exact) mass is 278 g/mol. The highest BCUT2D eigenvalue weighted by Crippen LogP contribution is 2.13. The van der Waals surface area contributed by atoms with E-state index in [1.165, 1.54) is 5.56 Å². The zero-order valence-corrected chi connectivity index (χ0v) is 11.3. The van der Waals surface area contributed by atoms with Crippen LogP contribution in [0, 0.1) is 0 Å². The van der Waals surface area contributed by atoms with Crippen molar-refractivity contribution in [3.8, 4) is 5.69 Å². The van der Waals surface area contributed by atoms with Gasteiger partial charge in [-0.15, -0.1) is 0 Å². The second-order valence-electron chi connectivity index (χ2n) is 4.79. The second-order valence-corrected chi connectivity index (χ2v) is 4.79. The largest absolute Gasteiger partial charge is 0.478 e. The predicted molar refractivity (Wildman–Crippen MR) is 79.8 cm³/mol. The van der Waals surface area contributed by atoms with Gasteiger partial charge in [-0.2, -0.15) is 0 Å². The van der Waals surface area contributed by atoms with E-state index in [0.29, 0.717) is 0 Å². The van der Waals surface area contributed by atoms with Crippen LogP contribution in [0.2, 0.25) is 0 Å². The molecule has 0 saturated carbocycles. The molecule has 21 heavy (non-hydrogen) atoms. The Morgan fingerprint density at radius 1 is 1.10 bits per heavy atom. The number of imidazole rings is 1. The van der Waals surface area contributed by atoms with Crippen LogP contribution >= 0.6 is 0 Å². The summed E-state index contributed by atoms with van der Waals surface area (Å²) in [4.78, 5) is 15.4. The summed E-state index contributed by atoms with van der Waals surface area (Å²) in [7, 11) is 0. The lowest BCUT2D eigenvalue weighted by molar-refractivity contribution is 0.0697. The summed E-state index contributed by atoms with van der Waals surface area (Å²) in [6.45, 7) is 0. The zero-order chi connectivity index (χ0) is 14.7. The normalized spacial score (nSPS) is 10.5. The van der Waals surface area contributed by atoms with Crippen LogP contribution in [-0.4, -0.2) is 20.6 Å². The number of carboxylic acid groups (broad SMARTS) is 1. The van der Waals surface area contributed by atoms with Gasteiger partial charge in [0.1, 0.15) is 0 Å². The maximum atomic E-state index is 11.0. The third-order valence-corrected chi connectivity index (χ3v) is 3.26. The molecule has 1 N–H and O–H groups in total. The molecule has 0 aliphatic rings. The molecule has 0 bridgehead atoms. The molecule has 3 rings (SSSR count). The quantitative estimate of drug-likeness (QED) is 0.797. The number of benzene rings is 2. The maximum absolute atomic E-state index is 11.0. The lowest BCUT2D eigenvalue weighted by Crippen LogP contribution is -1.98. The van der Waals surface area contributed by atoms with Crippen molar-refractivity contribution in [1.82, 2.24) is 9.55 Å². The number of hydrogen-bond acceptors (Lipinski definition) is 2.